The molecule has 0 unspecified atom stereocenters. The van der Waals surface area contributed by atoms with E-state index in [1.807, 2.05) is 6.08 Å². The molecular weight excluding hydrogens is 100 g/mol. The van der Waals surface area contributed by atoms with Crippen molar-refractivity contribution in [2.24, 2.45) is 4.99 Å². The van der Waals surface area contributed by atoms with E-state index in [-0.39, 0.29) is 5.54 Å². The van der Waals surface area contributed by atoms with Gasteiger partial charge in [-0.1, -0.05) is 0 Å². The maximum atomic E-state index is 3.86. The van der Waals surface area contributed by atoms with E-state index in [2.05, 4.69) is 24.2 Å². The van der Waals surface area contributed by atoms with Gasteiger partial charge in [0.1, 0.15) is 0 Å². The normalized spacial score (nSPS) is 22.8. The Morgan fingerprint density at radius 3 is 2.50 bits per heavy atom. The van der Waals surface area contributed by atoms with Gasteiger partial charge in [-0.15, -0.1) is 0 Å². The Morgan fingerprint density at radius 1 is 1.50 bits per heavy atom. The largest absolute Gasteiger partial charge is 0.368 e. The number of rotatable bonds is 0. The van der Waals surface area contributed by atoms with Crippen LogP contribution in [0.5, 0.6) is 0 Å². The van der Waals surface area contributed by atoms with Crippen LogP contribution in [0.4, 0.5) is 0 Å². The summed E-state index contributed by atoms with van der Waals surface area (Å²) >= 11 is 0. The predicted molar refractivity (Wildman–Crippen MR) is 34.8 cm³/mol. The fourth-order valence-corrected chi connectivity index (χ4v) is 0.524. The topological polar surface area (TPSA) is 24.4 Å². The van der Waals surface area contributed by atoms with Crippen LogP contribution in [0.25, 0.3) is 0 Å². The minimum atomic E-state index is 0.0990. The molecule has 0 aromatic carbocycles. The molecule has 2 nitrogen and oxygen atoms in total. The fourth-order valence-electron chi connectivity index (χ4n) is 0.524. The summed E-state index contributed by atoms with van der Waals surface area (Å²) in [5, 5.41) is 3.08. The number of nitrogens with zero attached hydrogens (tertiary/aromatic N) is 1. The van der Waals surface area contributed by atoms with Gasteiger partial charge in [0.15, 0.2) is 0 Å². The minimum absolute atomic E-state index is 0.0990. The second kappa shape index (κ2) is 1.62. The van der Waals surface area contributed by atoms with Crippen LogP contribution in [0.1, 0.15) is 13.8 Å². The summed E-state index contributed by atoms with van der Waals surface area (Å²) in [7, 11) is 0. The van der Waals surface area contributed by atoms with Crippen LogP contribution in [0.2, 0.25) is 0 Å². The van der Waals surface area contributed by atoms with Crippen molar-refractivity contribution in [3.8, 4) is 0 Å². The van der Waals surface area contributed by atoms with Gasteiger partial charge in [-0.2, -0.15) is 0 Å². The SMILES string of the molecule is CC1(C)C=CN=CN1. The summed E-state index contributed by atoms with van der Waals surface area (Å²) in [5.74, 6) is 0. The van der Waals surface area contributed by atoms with E-state index in [1.54, 1.807) is 12.5 Å². The summed E-state index contributed by atoms with van der Waals surface area (Å²) in [6.45, 7) is 4.18. The van der Waals surface area contributed by atoms with Gasteiger partial charge in [0.05, 0.1) is 11.9 Å². The molecule has 0 bridgehead atoms. The van der Waals surface area contributed by atoms with Crippen molar-refractivity contribution >= 4 is 6.34 Å². The van der Waals surface area contributed by atoms with E-state index in [4.69, 9.17) is 0 Å². The fraction of sp³-hybridized carbons (Fsp3) is 0.500. The van der Waals surface area contributed by atoms with Crippen molar-refractivity contribution in [1.29, 1.82) is 0 Å². The summed E-state index contributed by atoms with van der Waals surface area (Å²) < 4.78 is 0. The van der Waals surface area contributed by atoms with Crippen LogP contribution in [-0.4, -0.2) is 11.9 Å². The Balaban J connectivity index is 2.65. The Hall–Kier alpha value is -0.790. The Labute approximate surface area is 49.3 Å². The zero-order valence-electron chi connectivity index (χ0n) is 5.18. The summed E-state index contributed by atoms with van der Waals surface area (Å²) in [6, 6.07) is 0. The highest BCUT2D eigenvalue weighted by Crippen LogP contribution is 2.04. The van der Waals surface area contributed by atoms with E-state index in [0.717, 1.165) is 0 Å². The minimum Gasteiger partial charge on any atom is -0.368 e. The average Bonchev–Trinajstić information content (AvgIpc) is 1.65. The molecule has 0 spiro atoms. The van der Waals surface area contributed by atoms with Gasteiger partial charge in [-0.25, -0.2) is 4.99 Å². The van der Waals surface area contributed by atoms with Crippen molar-refractivity contribution in [2.75, 3.05) is 0 Å². The summed E-state index contributed by atoms with van der Waals surface area (Å²) in [4.78, 5) is 3.86. The molecule has 1 aliphatic rings. The number of aliphatic imine (C=N–C) groups is 1. The molecule has 0 radical (unpaired) electrons. The molecule has 1 rings (SSSR count). The summed E-state index contributed by atoms with van der Waals surface area (Å²) in [5.41, 5.74) is 0.0990. The van der Waals surface area contributed by atoms with Crippen molar-refractivity contribution in [1.82, 2.24) is 5.32 Å². The number of nitrogens with one attached hydrogen (secondary N) is 1. The predicted octanol–water partition coefficient (Wildman–Crippen LogP) is 0.910. The van der Waals surface area contributed by atoms with Crippen molar-refractivity contribution in [3.63, 3.8) is 0 Å². The average molecular weight is 110 g/mol. The Kier molecular flexibility index (Phi) is 1.08. The zero-order valence-corrected chi connectivity index (χ0v) is 5.18. The van der Waals surface area contributed by atoms with Gasteiger partial charge in [0, 0.05) is 6.20 Å². The molecular formula is C6H10N2. The second-order valence-electron chi connectivity index (χ2n) is 2.46. The second-order valence-corrected chi connectivity index (χ2v) is 2.46. The quantitative estimate of drug-likeness (QED) is 0.492. The lowest BCUT2D eigenvalue weighted by molar-refractivity contribution is 0.576. The van der Waals surface area contributed by atoms with Crippen LogP contribution in [0, 0.1) is 0 Å². The van der Waals surface area contributed by atoms with Crippen LogP contribution < -0.4 is 5.32 Å². The van der Waals surface area contributed by atoms with Crippen LogP contribution in [-0.2, 0) is 0 Å². The molecule has 1 N–H and O–H groups in total. The maximum absolute atomic E-state index is 3.86. The molecule has 44 valence electrons. The van der Waals surface area contributed by atoms with E-state index in [1.165, 1.54) is 0 Å². The Morgan fingerprint density at radius 2 is 2.25 bits per heavy atom. The standard InChI is InChI=1S/C6H10N2/c1-6(2)3-4-7-5-8-6/h3-5H,1-2H3,(H,7,8). The van der Waals surface area contributed by atoms with Gasteiger partial charge in [0.2, 0.25) is 0 Å². The monoisotopic (exact) mass is 110 g/mol. The third-order valence-corrected chi connectivity index (χ3v) is 1.09. The first-order valence-corrected chi connectivity index (χ1v) is 2.68. The van der Waals surface area contributed by atoms with Crippen molar-refractivity contribution in [3.05, 3.63) is 12.3 Å². The molecule has 8 heavy (non-hydrogen) atoms. The van der Waals surface area contributed by atoms with E-state index in [0.29, 0.717) is 0 Å². The van der Waals surface area contributed by atoms with Crippen LogP contribution in [0.3, 0.4) is 0 Å². The third kappa shape index (κ3) is 1.09. The third-order valence-electron chi connectivity index (χ3n) is 1.09. The lowest BCUT2D eigenvalue weighted by atomic mass is 10.1. The highest BCUT2D eigenvalue weighted by Gasteiger charge is 2.11. The first kappa shape index (κ1) is 5.35. The van der Waals surface area contributed by atoms with Crippen LogP contribution >= 0.6 is 0 Å². The number of hydrogen-bond donors (Lipinski definition) is 1. The van der Waals surface area contributed by atoms with E-state index < -0.39 is 0 Å². The highest BCUT2D eigenvalue weighted by atomic mass is 15.0. The molecule has 0 saturated heterocycles. The molecule has 0 atom stereocenters. The molecule has 0 fully saturated rings. The first-order chi connectivity index (χ1) is 3.71. The van der Waals surface area contributed by atoms with Crippen molar-refractivity contribution < 1.29 is 0 Å². The van der Waals surface area contributed by atoms with E-state index in [9.17, 15) is 0 Å². The molecule has 0 aliphatic carbocycles. The molecule has 1 heterocycles. The molecule has 0 aromatic heterocycles. The van der Waals surface area contributed by atoms with E-state index >= 15 is 0 Å². The molecule has 2 heteroatoms. The molecule has 1 aliphatic heterocycles. The first-order valence-electron chi connectivity index (χ1n) is 2.68. The highest BCUT2D eigenvalue weighted by molar-refractivity contribution is 5.58. The lowest BCUT2D eigenvalue weighted by Gasteiger charge is -2.21. The lowest BCUT2D eigenvalue weighted by Crippen LogP contribution is -2.37. The van der Waals surface area contributed by atoms with Gasteiger partial charge in [-0.05, 0) is 19.9 Å². The van der Waals surface area contributed by atoms with Gasteiger partial charge in [-0.3, -0.25) is 0 Å². The number of hydrogen-bond acceptors (Lipinski definition) is 2. The summed E-state index contributed by atoms with van der Waals surface area (Å²) in [6.07, 6.45) is 5.53. The van der Waals surface area contributed by atoms with Gasteiger partial charge >= 0.3 is 0 Å². The van der Waals surface area contributed by atoms with Crippen LogP contribution in [0.15, 0.2) is 17.3 Å². The maximum Gasteiger partial charge on any atom is 0.0885 e. The van der Waals surface area contributed by atoms with Gasteiger partial charge in [0.25, 0.3) is 0 Å². The van der Waals surface area contributed by atoms with Crippen molar-refractivity contribution in [2.45, 2.75) is 19.4 Å². The molecule has 0 amide bonds. The molecule has 0 aromatic rings. The zero-order chi connectivity index (χ0) is 6.04. The van der Waals surface area contributed by atoms with Gasteiger partial charge < -0.3 is 5.32 Å². The Bertz CT molecular complexity index is 133. The smallest absolute Gasteiger partial charge is 0.0885 e. The molecule has 0 saturated carbocycles.